The molecule has 2 heterocycles. The third-order valence-electron chi connectivity index (χ3n) is 4.45. The summed E-state index contributed by atoms with van der Waals surface area (Å²) < 4.78 is 0. The number of para-hydroxylation sites is 1. The minimum atomic E-state index is -0.181. The summed E-state index contributed by atoms with van der Waals surface area (Å²) >= 11 is 0. The monoisotopic (exact) mass is 307 g/mol. The summed E-state index contributed by atoms with van der Waals surface area (Å²) in [6.45, 7) is 2.70. The number of rotatable bonds is 4. The molecule has 0 saturated heterocycles. The van der Waals surface area contributed by atoms with E-state index in [-0.39, 0.29) is 17.5 Å². The van der Waals surface area contributed by atoms with Gasteiger partial charge in [0.2, 0.25) is 0 Å². The fourth-order valence-electron chi connectivity index (χ4n) is 3.24. The summed E-state index contributed by atoms with van der Waals surface area (Å²) in [5, 5.41) is 8.46. The van der Waals surface area contributed by atoms with Gasteiger partial charge in [0.25, 0.3) is 5.91 Å². The smallest absolute Gasteiger partial charge is 0.272 e. The van der Waals surface area contributed by atoms with E-state index in [9.17, 15) is 4.79 Å². The predicted octanol–water partition coefficient (Wildman–Crippen LogP) is 3.57. The molecular formula is C19H21N3O. The molecule has 1 amide bonds. The van der Waals surface area contributed by atoms with E-state index in [0.29, 0.717) is 6.54 Å². The van der Waals surface area contributed by atoms with Crippen molar-refractivity contribution in [2.75, 3.05) is 11.4 Å². The van der Waals surface area contributed by atoms with Gasteiger partial charge in [-0.2, -0.15) is 0 Å². The van der Waals surface area contributed by atoms with E-state index in [1.807, 2.05) is 37.3 Å². The summed E-state index contributed by atoms with van der Waals surface area (Å²) in [5.74, 6) is -0.361. The van der Waals surface area contributed by atoms with Gasteiger partial charge in [0.05, 0.1) is 0 Å². The summed E-state index contributed by atoms with van der Waals surface area (Å²) in [6, 6.07) is 11.8. The average molecular weight is 307 g/mol. The zero-order chi connectivity index (χ0) is 16.2. The molecule has 4 nitrogen and oxygen atoms in total. The Hall–Kier alpha value is -2.49. The molecule has 118 valence electrons. The van der Waals surface area contributed by atoms with Crippen molar-refractivity contribution in [1.82, 2.24) is 4.98 Å². The summed E-state index contributed by atoms with van der Waals surface area (Å²) in [6.07, 6.45) is 6.10. The quantitative estimate of drug-likeness (QED) is 0.878. The highest BCUT2D eigenvalue weighted by Crippen LogP contribution is 2.29. The maximum atomic E-state index is 12.9. The highest BCUT2D eigenvalue weighted by Gasteiger charge is 2.29. The summed E-state index contributed by atoms with van der Waals surface area (Å²) in [4.78, 5) is 18.7. The molecule has 1 aromatic heterocycles. The lowest BCUT2D eigenvalue weighted by atomic mass is 9.91. The minimum Gasteiger partial charge on any atom is -0.307 e. The SMILES string of the molecule is CCC(C(=N)C(=O)N1CCCc2ccccc21)c1ccncc1. The van der Waals surface area contributed by atoms with Crippen molar-refractivity contribution in [3.8, 4) is 0 Å². The van der Waals surface area contributed by atoms with Crippen molar-refractivity contribution in [3.05, 3.63) is 59.9 Å². The zero-order valence-electron chi connectivity index (χ0n) is 13.3. The molecule has 0 bridgehead atoms. The normalized spacial score (nSPS) is 14.9. The van der Waals surface area contributed by atoms with E-state index in [0.717, 1.165) is 30.5 Å². The van der Waals surface area contributed by atoms with Crippen LogP contribution in [0, 0.1) is 5.41 Å². The van der Waals surface area contributed by atoms with Gasteiger partial charge in [-0.1, -0.05) is 25.1 Å². The first kappa shape index (κ1) is 15.4. The van der Waals surface area contributed by atoms with Crippen molar-refractivity contribution in [1.29, 1.82) is 5.41 Å². The Bertz CT molecular complexity index is 712. The molecule has 2 aromatic rings. The van der Waals surface area contributed by atoms with Crippen LogP contribution in [0.15, 0.2) is 48.8 Å². The van der Waals surface area contributed by atoms with Crippen molar-refractivity contribution in [2.45, 2.75) is 32.1 Å². The minimum absolute atomic E-state index is 0.162. The van der Waals surface area contributed by atoms with Crippen molar-refractivity contribution >= 4 is 17.3 Å². The van der Waals surface area contributed by atoms with E-state index in [1.165, 1.54) is 5.56 Å². The average Bonchev–Trinajstić information content (AvgIpc) is 2.62. The van der Waals surface area contributed by atoms with Gasteiger partial charge in [-0.3, -0.25) is 15.2 Å². The molecule has 1 N–H and O–H groups in total. The fraction of sp³-hybridized carbons (Fsp3) is 0.316. The summed E-state index contributed by atoms with van der Waals surface area (Å²) in [7, 11) is 0. The molecule has 0 fully saturated rings. The molecule has 3 rings (SSSR count). The zero-order valence-corrected chi connectivity index (χ0v) is 13.3. The molecule has 0 saturated carbocycles. The lowest BCUT2D eigenvalue weighted by Crippen LogP contribution is -2.41. The van der Waals surface area contributed by atoms with Crippen LogP contribution in [0.25, 0.3) is 0 Å². The Morgan fingerprint density at radius 2 is 2.00 bits per heavy atom. The van der Waals surface area contributed by atoms with Crippen molar-refractivity contribution < 1.29 is 4.79 Å². The van der Waals surface area contributed by atoms with E-state index < -0.39 is 0 Å². The van der Waals surface area contributed by atoms with Gasteiger partial charge in [0.15, 0.2) is 0 Å². The van der Waals surface area contributed by atoms with Gasteiger partial charge in [-0.25, -0.2) is 0 Å². The van der Waals surface area contributed by atoms with Crippen LogP contribution in [-0.2, 0) is 11.2 Å². The highest BCUT2D eigenvalue weighted by atomic mass is 16.2. The molecule has 0 aliphatic carbocycles. The third-order valence-corrected chi connectivity index (χ3v) is 4.45. The lowest BCUT2D eigenvalue weighted by Gasteiger charge is -2.31. The van der Waals surface area contributed by atoms with Crippen LogP contribution in [0.3, 0.4) is 0 Å². The van der Waals surface area contributed by atoms with Gasteiger partial charge >= 0.3 is 0 Å². The number of hydrogen-bond donors (Lipinski definition) is 1. The van der Waals surface area contributed by atoms with Gasteiger partial charge in [0, 0.05) is 30.5 Å². The van der Waals surface area contributed by atoms with Crippen LogP contribution < -0.4 is 4.90 Å². The molecule has 0 spiro atoms. The fourth-order valence-corrected chi connectivity index (χ4v) is 3.24. The molecule has 1 aromatic carbocycles. The lowest BCUT2D eigenvalue weighted by molar-refractivity contribution is -0.112. The number of carbonyl (C=O) groups is 1. The van der Waals surface area contributed by atoms with Gasteiger partial charge in [-0.05, 0) is 48.6 Å². The van der Waals surface area contributed by atoms with Crippen LogP contribution >= 0.6 is 0 Å². The third kappa shape index (κ3) is 3.02. The van der Waals surface area contributed by atoms with E-state index in [1.54, 1.807) is 17.3 Å². The Kier molecular flexibility index (Phi) is 4.51. The van der Waals surface area contributed by atoms with Crippen molar-refractivity contribution in [2.24, 2.45) is 0 Å². The van der Waals surface area contributed by atoms with Crippen LogP contribution in [0.5, 0.6) is 0 Å². The molecular weight excluding hydrogens is 286 g/mol. The second kappa shape index (κ2) is 6.73. The Morgan fingerprint density at radius 3 is 2.74 bits per heavy atom. The molecule has 0 radical (unpaired) electrons. The van der Waals surface area contributed by atoms with Crippen LogP contribution in [0.4, 0.5) is 5.69 Å². The first-order chi connectivity index (χ1) is 11.2. The number of anilines is 1. The van der Waals surface area contributed by atoms with Crippen LogP contribution in [0.1, 0.15) is 36.8 Å². The number of carbonyl (C=O) groups excluding carboxylic acids is 1. The first-order valence-electron chi connectivity index (χ1n) is 8.10. The number of aromatic nitrogens is 1. The maximum absolute atomic E-state index is 12.9. The van der Waals surface area contributed by atoms with Gasteiger partial charge < -0.3 is 4.90 Å². The largest absolute Gasteiger partial charge is 0.307 e. The topological polar surface area (TPSA) is 57.1 Å². The number of nitrogens with zero attached hydrogens (tertiary/aromatic N) is 2. The molecule has 1 atom stereocenters. The summed E-state index contributed by atoms with van der Waals surface area (Å²) in [5.41, 5.74) is 3.29. The van der Waals surface area contributed by atoms with E-state index in [2.05, 4.69) is 11.1 Å². The van der Waals surface area contributed by atoms with Gasteiger partial charge in [0.1, 0.15) is 5.71 Å². The standard InChI is InChI=1S/C19H21N3O/c1-2-16(14-9-11-21-12-10-14)18(20)19(23)22-13-5-7-15-6-3-4-8-17(15)22/h3-4,6,8-12,16,20H,2,5,7,13H2,1H3. The van der Waals surface area contributed by atoms with E-state index >= 15 is 0 Å². The molecule has 23 heavy (non-hydrogen) atoms. The van der Waals surface area contributed by atoms with E-state index in [4.69, 9.17) is 5.41 Å². The molecule has 4 heteroatoms. The highest BCUT2D eigenvalue weighted by molar-refractivity contribution is 6.44. The van der Waals surface area contributed by atoms with Crippen LogP contribution in [0.2, 0.25) is 0 Å². The predicted molar refractivity (Wildman–Crippen MR) is 92.1 cm³/mol. The molecule has 1 unspecified atom stereocenters. The van der Waals surface area contributed by atoms with Crippen LogP contribution in [-0.4, -0.2) is 23.1 Å². The second-order valence-corrected chi connectivity index (χ2v) is 5.84. The van der Waals surface area contributed by atoms with Gasteiger partial charge in [-0.15, -0.1) is 0 Å². The van der Waals surface area contributed by atoms with Crippen molar-refractivity contribution in [3.63, 3.8) is 0 Å². The molecule has 1 aliphatic heterocycles. The first-order valence-corrected chi connectivity index (χ1v) is 8.10. The Balaban J connectivity index is 1.87. The maximum Gasteiger partial charge on any atom is 0.272 e. The Morgan fingerprint density at radius 1 is 1.26 bits per heavy atom. The number of fused-ring (bicyclic) bond motifs is 1. The number of nitrogens with one attached hydrogen (secondary N) is 1. The number of pyridine rings is 1. The number of amides is 1. The number of benzene rings is 1. The number of aryl methyl sites for hydroxylation is 1. The second-order valence-electron chi connectivity index (χ2n) is 5.84. The molecule has 1 aliphatic rings. The Labute approximate surface area is 136 Å². The number of hydrogen-bond acceptors (Lipinski definition) is 3.